The topological polar surface area (TPSA) is 75.4 Å². The fraction of sp³-hybridized carbons (Fsp3) is 0.0893. The molecular weight excluding hydrogens is 757 g/mol. The van der Waals surface area contributed by atoms with E-state index in [-0.39, 0.29) is 6.17 Å². The highest BCUT2D eigenvalue weighted by Gasteiger charge is 2.23. The van der Waals surface area contributed by atoms with Gasteiger partial charge in [0.1, 0.15) is 12.0 Å². The summed E-state index contributed by atoms with van der Waals surface area (Å²) in [5.41, 5.74) is 13.9. The Kier molecular flexibility index (Phi) is 10.5. The summed E-state index contributed by atoms with van der Waals surface area (Å²) in [5, 5.41) is 3.71. The second-order valence-electron chi connectivity index (χ2n) is 15.9. The van der Waals surface area contributed by atoms with Crippen molar-refractivity contribution in [3.05, 3.63) is 222 Å². The smallest absolute Gasteiger partial charge is 0.164 e. The summed E-state index contributed by atoms with van der Waals surface area (Å²) in [7, 11) is 0. The first-order chi connectivity index (χ1) is 30.5. The number of aryl methyl sites for hydroxylation is 1. The van der Waals surface area contributed by atoms with Gasteiger partial charge in [-0.25, -0.2) is 24.9 Å². The van der Waals surface area contributed by atoms with E-state index < -0.39 is 0 Å². The molecule has 1 aliphatic heterocycles. The van der Waals surface area contributed by atoms with Crippen LogP contribution >= 0.6 is 0 Å². The van der Waals surface area contributed by atoms with E-state index in [0.717, 1.165) is 73.7 Å². The van der Waals surface area contributed by atoms with Crippen LogP contribution in [0.5, 0.6) is 0 Å². The molecule has 1 aromatic heterocycles. The molecule has 0 fully saturated rings. The number of nitrogens with zero attached hydrogens (tertiary/aromatic N) is 5. The Morgan fingerprint density at radius 2 is 1.00 bits per heavy atom. The van der Waals surface area contributed by atoms with Crippen LogP contribution in [0.4, 0.5) is 0 Å². The molecule has 6 heteroatoms. The molecule has 0 amide bonds. The summed E-state index contributed by atoms with van der Waals surface area (Å²) in [5.74, 6) is 3.88. The van der Waals surface area contributed by atoms with Crippen molar-refractivity contribution < 1.29 is 0 Å². The summed E-state index contributed by atoms with van der Waals surface area (Å²) in [6, 6.07) is 63.1. The lowest BCUT2D eigenvalue weighted by Crippen LogP contribution is -2.33. The maximum absolute atomic E-state index is 5.25. The fourth-order valence-corrected chi connectivity index (χ4v) is 8.10. The number of aromatic nitrogens is 3. The maximum atomic E-state index is 5.25. The summed E-state index contributed by atoms with van der Waals surface area (Å²) < 4.78 is 0. The molecule has 2 heterocycles. The standard InChI is InChI=1S/C56H44N6/c1-37-15-12-25-47(33-37)54-60-53(43-31-29-40(30-32-43)39-16-6-3-7-17-39)61-56(62-54)49-28-27-38(2)50(36-49)46-24-13-22-44(34-46)45-23-14-26-48(35-45)55-58-51(41-18-8-4-9-19-41)57-52(59-55)42-20-10-5-11-21-42/h3-14,16-37,56H,15H2,1-2H3,(H,60,61,62)/t37?,56-/m1/s1. The van der Waals surface area contributed by atoms with E-state index in [1.807, 2.05) is 66.7 Å². The highest BCUT2D eigenvalue weighted by atomic mass is 15.2. The van der Waals surface area contributed by atoms with Crippen molar-refractivity contribution in [1.82, 2.24) is 20.3 Å². The quantitative estimate of drug-likeness (QED) is 0.158. The first-order valence-electron chi connectivity index (χ1n) is 21.2. The highest BCUT2D eigenvalue weighted by Crippen LogP contribution is 2.34. The van der Waals surface area contributed by atoms with Crippen LogP contribution < -0.4 is 5.32 Å². The van der Waals surface area contributed by atoms with Crippen LogP contribution in [-0.4, -0.2) is 26.6 Å². The molecule has 0 radical (unpaired) electrons. The van der Waals surface area contributed by atoms with Gasteiger partial charge in [0, 0.05) is 27.8 Å². The molecule has 1 unspecified atom stereocenters. The average Bonchev–Trinajstić information content (AvgIpc) is 3.35. The molecular formula is C56H44N6. The molecule has 7 aromatic carbocycles. The Bertz CT molecular complexity index is 2960. The number of hydrogen-bond acceptors (Lipinski definition) is 6. The number of benzene rings is 7. The zero-order valence-corrected chi connectivity index (χ0v) is 34.7. The van der Waals surface area contributed by atoms with E-state index in [9.17, 15) is 0 Å². The van der Waals surface area contributed by atoms with Gasteiger partial charge in [-0.2, -0.15) is 0 Å². The predicted molar refractivity (Wildman–Crippen MR) is 254 cm³/mol. The third-order valence-corrected chi connectivity index (χ3v) is 11.4. The van der Waals surface area contributed by atoms with Crippen LogP contribution in [0, 0.1) is 12.8 Å². The summed E-state index contributed by atoms with van der Waals surface area (Å²) >= 11 is 0. The van der Waals surface area contributed by atoms with E-state index in [1.165, 1.54) is 16.7 Å². The minimum atomic E-state index is -0.334. The van der Waals surface area contributed by atoms with Crippen molar-refractivity contribution >= 4 is 11.7 Å². The first kappa shape index (κ1) is 38.4. The lowest BCUT2D eigenvalue weighted by Gasteiger charge is -2.25. The molecule has 0 spiro atoms. The van der Waals surface area contributed by atoms with Gasteiger partial charge in [-0.1, -0.05) is 189 Å². The molecule has 2 atom stereocenters. The minimum Gasteiger partial charge on any atom is -0.344 e. The monoisotopic (exact) mass is 800 g/mol. The van der Waals surface area contributed by atoms with Crippen molar-refractivity contribution in [3.63, 3.8) is 0 Å². The largest absolute Gasteiger partial charge is 0.344 e. The van der Waals surface area contributed by atoms with E-state index in [1.54, 1.807) is 0 Å². The van der Waals surface area contributed by atoms with Gasteiger partial charge in [-0.15, -0.1) is 0 Å². The third kappa shape index (κ3) is 8.19. The fourth-order valence-electron chi connectivity index (χ4n) is 8.10. The van der Waals surface area contributed by atoms with Crippen molar-refractivity contribution in [2.45, 2.75) is 26.4 Å². The second kappa shape index (κ2) is 17.0. The van der Waals surface area contributed by atoms with Gasteiger partial charge in [0.05, 0.1) is 0 Å². The van der Waals surface area contributed by atoms with Gasteiger partial charge in [0.25, 0.3) is 0 Å². The van der Waals surface area contributed by atoms with E-state index in [4.69, 9.17) is 24.9 Å². The Labute approximate surface area is 362 Å². The molecule has 62 heavy (non-hydrogen) atoms. The number of amidine groups is 2. The Hall–Kier alpha value is -7.83. The second-order valence-corrected chi connectivity index (χ2v) is 15.9. The minimum absolute atomic E-state index is 0.334. The van der Waals surface area contributed by atoms with Crippen LogP contribution in [-0.2, 0) is 0 Å². The van der Waals surface area contributed by atoms with Crippen LogP contribution in [0.1, 0.15) is 36.2 Å². The van der Waals surface area contributed by atoms with Crippen molar-refractivity contribution in [3.8, 4) is 67.5 Å². The van der Waals surface area contributed by atoms with Crippen LogP contribution in [0.3, 0.4) is 0 Å². The van der Waals surface area contributed by atoms with Crippen LogP contribution in [0.2, 0.25) is 0 Å². The lowest BCUT2D eigenvalue weighted by molar-refractivity contribution is 0.672. The third-order valence-electron chi connectivity index (χ3n) is 11.4. The maximum Gasteiger partial charge on any atom is 0.164 e. The molecule has 2 aliphatic rings. The molecule has 0 saturated heterocycles. The molecule has 1 aliphatic carbocycles. The van der Waals surface area contributed by atoms with Gasteiger partial charge in [0.15, 0.2) is 23.3 Å². The Morgan fingerprint density at radius 1 is 0.484 bits per heavy atom. The molecule has 0 bridgehead atoms. The lowest BCUT2D eigenvalue weighted by atomic mass is 9.93. The molecule has 298 valence electrons. The molecule has 0 saturated carbocycles. The SMILES string of the molecule is Cc1ccc([C@H]2N=C(C3=CC(C)CC=C3)N=C(c3ccc(-c4ccccc4)cc3)N2)cc1-c1cccc(-c2cccc(-c3nc(-c4ccccc4)nc(-c4ccccc4)n3)c2)c1. The normalized spacial score (nSPS) is 15.9. The van der Waals surface area contributed by atoms with Crippen molar-refractivity contribution in [2.75, 3.05) is 0 Å². The van der Waals surface area contributed by atoms with Gasteiger partial charge >= 0.3 is 0 Å². The number of nitrogens with one attached hydrogen (secondary N) is 1. The van der Waals surface area contributed by atoms with Crippen LogP contribution in [0.25, 0.3) is 67.5 Å². The van der Waals surface area contributed by atoms with E-state index in [0.29, 0.717) is 23.4 Å². The molecule has 10 rings (SSSR count). The zero-order chi connectivity index (χ0) is 41.8. The first-order valence-corrected chi connectivity index (χ1v) is 21.2. The predicted octanol–water partition coefficient (Wildman–Crippen LogP) is 13.2. The zero-order valence-electron chi connectivity index (χ0n) is 34.7. The van der Waals surface area contributed by atoms with Crippen LogP contribution in [0.15, 0.2) is 216 Å². The average molecular weight is 801 g/mol. The van der Waals surface area contributed by atoms with Gasteiger partial charge in [-0.3, -0.25) is 0 Å². The number of rotatable bonds is 9. The van der Waals surface area contributed by atoms with Gasteiger partial charge in [0.2, 0.25) is 0 Å². The number of hydrogen-bond donors (Lipinski definition) is 1. The van der Waals surface area contributed by atoms with Gasteiger partial charge < -0.3 is 5.32 Å². The number of aliphatic imine (C=N–C) groups is 2. The van der Waals surface area contributed by atoms with Gasteiger partial charge in [-0.05, 0) is 82.0 Å². The summed E-state index contributed by atoms with van der Waals surface area (Å²) in [6.07, 6.45) is 7.35. The molecule has 6 nitrogen and oxygen atoms in total. The Morgan fingerprint density at radius 3 is 1.63 bits per heavy atom. The van der Waals surface area contributed by atoms with E-state index >= 15 is 0 Å². The summed E-state index contributed by atoms with van der Waals surface area (Å²) in [4.78, 5) is 25.2. The molecule has 1 N–H and O–H groups in total. The van der Waals surface area contributed by atoms with E-state index in [2.05, 4.69) is 153 Å². The van der Waals surface area contributed by atoms with Crippen molar-refractivity contribution in [2.24, 2.45) is 15.9 Å². The Balaban J connectivity index is 0.982. The van der Waals surface area contributed by atoms with Crippen molar-refractivity contribution in [1.29, 1.82) is 0 Å². The summed E-state index contributed by atoms with van der Waals surface area (Å²) in [6.45, 7) is 4.41. The number of allylic oxidation sites excluding steroid dienone is 2. The molecule has 8 aromatic rings. The highest BCUT2D eigenvalue weighted by molar-refractivity contribution is 6.14.